The van der Waals surface area contributed by atoms with Gasteiger partial charge in [0.1, 0.15) is 0 Å². The van der Waals surface area contributed by atoms with Crippen LogP contribution in [0.25, 0.3) is 0 Å². The standard InChI is InChI=1S/C16H23ClO/c1-9(2)12-7-13(10(3)4)16(17)15(11(5)6)14(12)8-18/h7-11H,1-6H3. The fourth-order valence-electron chi connectivity index (χ4n) is 2.33. The van der Waals surface area contributed by atoms with Crippen molar-refractivity contribution in [2.24, 2.45) is 0 Å². The molecular weight excluding hydrogens is 244 g/mol. The van der Waals surface area contributed by atoms with Gasteiger partial charge in [-0.25, -0.2) is 0 Å². The Kier molecular flexibility index (Phi) is 4.98. The van der Waals surface area contributed by atoms with E-state index in [1.807, 2.05) is 0 Å². The van der Waals surface area contributed by atoms with E-state index in [0.29, 0.717) is 11.8 Å². The zero-order valence-electron chi connectivity index (χ0n) is 12.2. The lowest BCUT2D eigenvalue weighted by atomic mass is 9.85. The van der Waals surface area contributed by atoms with Gasteiger partial charge in [-0.15, -0.1) is 0 Å². The molecule has 1 nitrogen and oxygen atoms in total. The number of halogens is 1. The summed E-state index contributed by atoms with van der Waals surface area (Å²) in [6.07, 6.45) is 0.959. The van der Waals surface area contributed by atoms with Gasteiger partial charge in [0.15, 0.2) is 6.29 Å². The number of carbonyl (C=O) groups is 1. The predicted molar refractivity (Wildman–Crippen MR) is 79.1 cm³/mol. The number of rotatable bonds is 4. The van der Waals surface area contributed by atoms with E-state index in [1.54, 1.807) is 0 Å². The van der Waals surface area contributed by atoms with Crippen molar-refractivity contribution in [2.75, 3.05) is 0 Å². The quantitative estimate of drug-likeness (QED) is 0.656. The monoisotopic (exact) mass is 266 g/mol. The number of hydrogen-bond acceptors (Lipinski definition) is 1. The van der Waals surface area contributed by atoms with Crippen molar-refractivity contribution in [1.82, 2.24) is 0 Å². The highest BCUT2D eigenvalue weighted by Gasteiger charge is 2.21. The minimum Gasteiger partial charge on any atom is -0.298 e. The SMILES string of the molecule is CC(C)c1cc(C(C)C)c(C=O)c(C(C)C)c1Cl. The molecule has 18 heavy (non-hydrogen) atoms. The summed E-state index contributed by atoms with van der Waals surface area (Å²) in [5, 5.41) is 0.770. The van der Waals surface area contributed by atoms with E-state index < -0.39 is 0 Å². The van der Waals surface area contributed by atoms with E-state index in [9.17, 15) is 4.79 Å². The van der Waals surface area contributed by atoms with Crippen molar-refractivity contribution in [3.05, 3.63) is 33.3 Å². The summed E-state index contributed by atoms with van der Waals surface area (Å²) < 4.78 is 0. The molecule has 2 heteroatoms. The molecule has 0 atom stereocenters. The third-order valence-electron chi connectivity index (χ3n) is 3.34. The van der Waals surface area contributed by atoms with Gasteiger partial charge in [-0.05, 0) is 34.4 Å². The highest BCUT2D eigenvalue weighted by molar-refractivity contribution is 6.32. The minimum atomic E-state index is 0.258. The number of benzene rings is 1. The van der Waals surface area contributed by atoms with Gasteiger partial charge in [-0.1, -0.05) is 59.2 Å². The molecule has 0 radical (unpaired) electrons. The van der Waals surface area contributed by atoms with E-state index in [2.05, 4.69) is 47.6 Å². The second-order valence-corrected chi connectivity index (χ2v) is 6.16. The Balaban J connectivity index is 3.69. The molecule has 100 valence electrons. The van der Waals surface area contributed by atoms with E-state index in [-0.39, 0.29) is 5.92 Å². The van der Waals surface area contributed by atoms with Gasteiger partial charge in [0.25, 0.3) is 0 Å². The first-order valence-electron chi connectivity index (χ1n) is 6.62. The van der Waals surface area contributed by atoms with Crippen molar-refractivity contribution in [3.63, 3.8) is 0 Å². The van der Waals surface area contributed by atoms with Crippen molar-refractivity contribution in [2.45, 2.75) is 59.3 Å². The molecule has 0 saturated carbocycles. The number of hydrogen-bond donors (Lipinski definition) is 0. The second-order valence-electron chi connectivity index (χ2n) is 5.78. The minimum absolute atomic E-state index is 0.258. The Morgan fingerprint density at radius 3 is 1.78 bits per heavy atom. The molecule has 0 aromatic heterocycles. The van der Waals surface area contributed by atoms with Crippen LogP contribution in [0.2, 0.25) is 5.02 Å². The van der Waals surface area contributed by atoms with Gasteiger partial charge in [0.2, 0.25) is 0 Å². The number of aldehydes is 1. The molecule has 0 aliphatic heterocycles. The molecule has 1 aromatic rings. The van der Waals surface area contributed by atoms with Gasteiger partial charge >= 0.3 is 0 Å². The topological polar surface area (TPSA) is 17.1 Å². The van der Waals surface area contributed by atoms with Gasteiger partial charge in [0.05, 0.1) is 0 Å². The van der Waals surface area contributed by atoms with Crippen molar-refractivity contribution >= 4 is 17.9 Å². The lowest BCUT2D eigenvalue weighted by molar-refractivity contribution is 0.112. The predicted octanol–water partition coefficient (Wildman–Crippen LogP) is 5.52. The average Bonchev–Trinajstić information content (AvgIpc) is 2.26. The molecule has 0 aliphatic carbocycles. The summed E-state index contributed by atoms with van der Waals surface area (Å²) >= 11 is 6.50. The van der Waals surface area contributed by atoms with Crippen LogP contribution in [0, 0.1) is 0 Å². The summed E-state index contributed by atoms with van der Waals surface area (Å²) in [6.45, 7) is 12.7. The van der Waals surface area contributed by atoms with Crippen LogP contribution >= 0.6 is 11.6 Å². The summed E-state index contributed by atoms with van der Waals surface area (Å²) in [5.41, 5.74) is 4.05. The van der Waals surface area contributed by atoms with Crippen LogP contribution in [0.1, 0.15) is 86.3 Å². The van der Waals surface area contributed by atoms with E-state index in [0.717, 1.165) is 33.6 Å². The lowest BCUT2D eigenvalue weighted by Crippen LogP contribution is -2.07. The molecule has 0 amide bonds. The van der Waals surface area contributed by atoms with Crippen LogP contribution in [0.3, 0.4) is 0 Å². The van der Waals surface area contributed by atoms with Crippen LogP contribution in [-0.2, 0) is 0 Å². The first kappa shape index (κ1) is 15.2. The van der Waals surface area contributed by atoms with Crippen LogP contribution in [0.15, 0.2) is 6.07 Å². The summed E-state index contributed by atoms with van der Waals surface area (Å²) in [5.74, 6) is 0.958. The molecule has 0 spiro atoms. The van der Waals surface area contributed by atoms with Gasteiger partial charge in [-0.3, -0.25) is 4.79 Å². The highest BCUT2D eigenvalue weighted by Crippen LogP contribution is 2.38. The molecule has 0 fully saturated rings. The van der Waals surface area contributed by atoms with Crippen LogP contribution < -0.4 is 0 Å². The Bertz CT molecular complexity index is 445. The second kappa shape index (κ2) is 5.88. The maximum Gasteiger partial charge on any atom is 0.150 e. The van der Waals surface area contributed by atoms with Crippen molar-refractivity contribution in [3.8, 4) is 0 Å². The third-order valence-corrected chi connectivity index (χ3v) is 3.76. The molecule has 0 unspecified atom stereocenters. The highest BCUT2D eigenvalue weighted by atomic mass is 35.5. The number of carbonyl (C=O) groups excluding carboxylic acids is 1. The van der Waals surface area contributed by atoms with E-state index >= 15 is 0 Å². The molecule has 0 N–H and O–H groups in total. The molecule has 0 bridgehead atoms. The molecule has 0 saturated heterocycles. The van der Waals surface area contributed by atoms with Gasteiger partial charge in [0, 0.05) is 10.6 Å². The van der Waals surface area contributed by atoms with E-state index in [1.165, 1.54) is 0 Å². The first-order valence-corrected chi connectivity index (χ1v) is 7.00. The van der Waals surface area contributed by atoms with Crippen molar-refractivity contribution in [1.29, 1.82) is 0 Å². The largest absolute Gasteiger partial charge is 0.298 e. The fraction of sp³-hybridized carbons (Fsp3) is 0.562. The zero-order chi connectivity index (χ0) is 14.0. The van der Waals surface area contributed by atoms with E-state index in [4.69, 9.17) is 11.6 Å². The molecule has 0 heterocycles. The van der Waals surface area contributed by atoms with Gasteiger partial charge < -0.3 is 0 Å². The molecular formula is C16H23ClO. The summed E-state index contributed by atoms with van der Waals surface area (Å²) in [4.78, 5) is 11.4. The normalized spacial score (nSPS) is 11.7. The van der Waals surface area contributed by atoms with Crippen molar-refractivity contribution < 1.29 is 4.79 Å². The molecule has 1 aromatic carbocycles. The lowest BCUT2D eigenvalue weighted by Gasteiger charge is -2.22. The third kappa shape index (κ3) is 2.77. The Morgan fingerprint density at radius 2 is 1.44 bits per heavy atom. The molecule has 0 aliphatic rings. The van der Waals surface area contributed by atoms with Crippen LogP contribution in [0.4, 0.5) is 0 Å². The molecule has 1 rings (SSSR count). The summed E-state index contributed by atoms with van der Waals surface area (Å²) in [6, 6.07) is 2.10. The van der Waals surface area contributed by atoms with Gasteiger partial charge in [-0.2, -0.15) is 0 Å². The summed E-state index contributed by atoms with van der Waals surface area (Å²) in [7, 11) is 0. The zero-order valence-corrected chi connectivity index (χ0v) is 12.9. The van der Waals surface area contributed by atoms with Crippen LogP contribution in [0.5, 0.6) is 0 Å². The Labute approximate surface area is 116 Å². The maximum absolute atomic E-state index is 11.4. The maximum atomic E-state index is 11.4. The Hall–Kier alpha value is -0.820. The Morgan fingerprint density at radius 1 is 0.944 bits per heavy atom. The first-order chi connectivity index (χ1) is 8.31. The smallest absolute Gasteiger partial charge is 0.150 e. The fourth-order valence-corrected chi connectivity index (χ4v) is 2.92. The average molecular weight is 267 g/mol. The van der Waals surface area contributed by atoms with Crippen LogP contribution in [-0.4, -0.2) is 6.29 Å².